The second kappa shape index (κ2) is 17.6. The van der Waals surface area contributed by atoms with E-state index in [1.165, 1.54) is 23.8 Å². The van der Waals surface area contributed by atoms with Crippen molar-refractivity contribution in [1.82, 2.24) is 40.0 Å². The van der Waals surface area contributed by atoms with Crippen LogP contribution in [-0.4, -0.2) is 92.4 Å². The van der Waals surface area contributed by atoms with Gasteiger partial charge in [0.25, 0.3) is 0 Å². The van der Waals surface area contributed by atoms with Crippen LogP contribution in [0.3, 0.4) is 0 Å². The fraction of sp³-hybridized carbons (Fsp3) is 0.460. The van der Waals surface area contributed by atoms with Crippen LogP contribution in [-0.2, 0) is 32.7 Å². The first-order valence-corrected chi connectivity index (χ1v) is 22.3. The highest BCUT2D eigenvalue weighted by Gasteiger charge is 2.46. The summed E-state index contributed by atoms with van der Waals surface area (Å²) in [5.74, 6) is 2.01. The van der Waals surface area contributed by atoms with E-state index in [0.717, 1.165) is 103 Å². The molecule has 2 aromatic heterocycles. The van der Waals surface area contributed by atoms with Gasteiger partial charge in [-0.15, -0.1) is 0 Å². The summed E-state index contributed by atoms with van der Waals surface area (Å²) in [5.41, 5.74) is 9.11. The average Bonchev–Trinajstić information content (AvgIpc) is 4.11. The highest BCUT2D eigenvalue weighted by Crippen LogP contribution is 2.43. The standard InChI is InChI=1S/C50H62N8O4/c1-30(2)43(55-49(61)62-8)46(59)58-25-12-23-50(58,6)48-52-29-41(54-48)36-19-21-38-33(5)37(20-18-35(38)27-36)31(3)16-17-32(4)40-28-51-45(53-40)42-15-11-24-57(42)47(60)44-39-14-10-9-13-34(39)22-26-56(44)7/h9-10,13-14,16-17,19,21,27-30,33,37,42-44H,3-4,11-12,15,18,20,22-26H2,1-2,5-8H3,(H,51,53)(H,52,54)(H,55,61)/b17-16-/t33?,37?,42?,43-,44+,50-/m0/s1. The lowest BCUT2D eigenvalue weighted by Crippen LogP contribution is -2.55. The zero-order valence-electron chi connectivity index (χ0n) is 37.2. The van der Waals surface area contributed by atoms with Gasteiger partial charge in [0, 0.05) is 19.6 Å². The molecule has 4 aromatic rings. The third-order valence-corrected chi connectivity index (χ3v) is 14.2. The third kappa shape index (κ3) is 8.05. The zero-order valence-corrected chi connectivity index (χ0v) is 37.2. The summed E-state index contributed by atoms with van der Waals surface area (Å²) in [6, 6.07) is 13.9. The molecule has 0 saturated carbocycles. The third-order valence-electron chi connectivity index (χ3n) is 14.2. The zero-order chi connectivity index (χ0) is 43.9. The Balaban J connectivity index is 0.905. The number of imidazole rings is 2. The Bertz CT molecular complexity index is 2390. The Morgan fingerprint density at radius 2 is 1.76 bits per heavy atom. The molecule has 0 spiro atoms. The molecular weight excluding hydrogens is 777 g/mol. The number of aryl methyl sites for hydroxylation is 1. The molecule has 5 heterocycles. The average molecular weight is 839 g/mol. The van der Waals surface area contributed by atoms with Gasteiger partial charge in [-0.25, -0.2) is 14.8 Å². The summed E-state index contributed by atoms with van der Waals surface area (Å²) in [6.45, 7) is 19.3. The molecule has 326 valence electrons. The maximum absolute atomic E-state index is 14.1. The number of methoxy groups -OCH3 is 1. The van der Waals surface area contributed by atoms with Crippen molar-refractivity contribution < 1.29 is 19.1 Å². The van der Waals surface area contributed by atoms with Gasteiger partial charge in [0.05, 0.1) is 42.5 Å². The second-order valence-corrected chi connectivity index (χ2v) is 18.4. The number of likely N-dealkylation sites (tertiary alicyclic amines) is 2. The fourth-order valence-electron chi connectivity index (χ4n) is 10.5. The molecule has 4 aliphatic rings. The van der Waals surface area contributed by atoms with E-state index in [1.807, 2.05) is 48.2 Å². The maximum Gasteiger partial charge on any atom is 0.407 e. The van der Waals surface area contributed by atoms with Crippen molar-refractivity contribution in [3.63, 3.8) is 0 Å². The van der Waals surface area contributed by atoms with Gasteiger partial charge < -0.3 is 29.8 Å². The largest absolute Gasteiger partial charge is 0.453 e. The number of hydrogen-bond donors (Lipinski definition) is 3. The van der Waals surface area contributed by atoms with Gasteiger partial charge in [0.2, 0.25) is 11.8 Å². The Kier molecular flexibility index (Phi) is 12.2. The Morgan fingerprint density at radius 3 is 2.55 bits per heavy atom. The number of rotatable bonds is 11. The van der Waals surface area contributed by atoms with Crippen LogP contribution in [0.2, 0.25) is 0 Å². The summed E-state index contributed by atoms with van der Waals surface area (Å²) >= 11 is 0. The number of aromatic nitrogens is 4. The Labute approximate surface area is 365 Å². The minimum Gasteiger partial charge on any atom is -0.453 e. The summed E-state index contributed by atoms with van der Waals surface area (Å²) in [7, 11) is 3.36. The molecule has 0 bridgehead atoms. The highest BCUT2D eigenvalue weighted by atomic mass is 16.5. The number of nitrogens with zero attached hydrogens (tertiary/aromatic N) is 5. The van der Waals surface area contributed by atoms with Crippen LogP contribution in [0, 0.1) is 11.8 Å². The SMILES string of the molecule is C=C(/C=C\C(=C)C1CCc2cc(-c3cnc([C@]4(C)CCCN4C(=O)[C@@H](NC(=O)OC)C(C)C)[nH]3)ccc2C1C)c1cnc(C2CCCN2C(=O)[C@H]2c3ccccc3CCN2C)[nH]1. The summed E-state index contributed by atoms with van der Waals surface area (Å²) in [5, 5.41) is 2.74. The molecule has 8 rings (SSSR count). The summed E-state index contributed by atoms with van der Waals surface area (Å²) < 4.78 is 4.81. The molecule has 3 amide bonds. The van der Waals surface area contributed by atoms with E-state index in [2.05, 4.69) is 96.7 Å². The van der Waals surface area contributed by atoms with Crippen LogP contribution < -0.4 is 5.32 Å². The van der Waals surface area contributed by atoms with Crippen molar-refractivity contribution in [3.8, 4) is 11.3 Å². The molecular formula is C50H62N8O4. The molecule has 12 heteroatoms. The van der Waals surface area contributed by atoms with E-state index in [-0.39, 0.29) is 41.7 Å². The van der Waals surface area contributed by atoms with E-state index in [0.29, 0.717) is 6.54 Å². The molecule has 6 atom stereocenters. The monoisotopic (exact) mass is 838 g/mol. The van der Waals surface area contributed by atoms with Gasteiger partial charge in [0.1, 0.15) is 23.7 Å². The lowest BCUT2D eigenvalue weighted by molar-refractivity contribution is -0.139. The van der Waals surface area contributed by atoms with Crippen molar-refractivity contribution in [2.45, 2.75) is 102 Å². The molecule has 3 N–H and O–H groups in total. The number of likely N-dealkylation sites (N-methyl/N-ethyl adjacent to an activating group) is 1. The predicted molar refractivity (Wildman–Crippen MR) is 242 cm³/mol. The van der Waals surface area contributed by atoms with Crippen LogP contribution in [0.15, 0.2) is 85.7 Å². The van der Waals surface area contributed by atoms with Gasteiger partial charge in [-0.1, -0.05) is 88.1 Å². The van der Waals surface area contributed by atoms with Crippen molar-refractivity contribution in [1.29, 1.82) is 0 Å². The van der Waals surface area contributed by atoms with E-state index in [1.54, 1.807) is 0 Å². The topological polar surface area (TPSA) is 140 Å². The van der Waals surface area contributed by atoms with Crippen LogP contribution in [0.5, 0.6) is 0 Å². The molecule has 3 aliphatic heterocycles. The number of benzene rings is 2. The number of alkyl carbamates (subject to hydrolysis) is 1. The van der Waals surface area contributed by atoms with Crippen molar-refractivity contribution in [2.75, 3.05) is 33.8 Å². The lowest BCUT2D eigenvalue weighted by atomic mass is 9.72. The molecule has 2 fully saturated rings. The molecule has 3 unspecified atom stereocenters. The van der Waals surface area contributed by atoms with Crippen LogP contribution in [0.25, 0.3) is 16.8 Å². The smallest absolute Gasteiger partial charge is 0.407 e. The number of amides is 3. The van der Waals surface area contributed by atoms with Crippen molar-refractivity contribution in [3.05, 3.63) is 125 Å². The Morgan fingerprint density at radius 1 is 0.952 bits per heavy atom. The van der Waals surface area contributed by atoms with Crippen LogP contribution in [0.4, 0.5) is 4.79 Å². The van der Waals surface area contributed by atoms with Gasteiger partial charge in [-0.2, -0.15) is 0 Å². The number of nitrogens with one attached hydrogen (secondary N) is 3. The minimum atomic E-state index is -0.697. The molecule has 2 saturated heterocycles. The van der Waals surface area contributed by atoms with Gasteiger partial charge in [-0.05, 0) is 116 Å². The van der Waals surface area contributed by atoms with Crippen LogP contribution >= 0.6 is 0 Å². The first kappa shape index (κ1) is 42.9. The predicted octanol–water partition coefficient (Wildman–Crippen LogP) is 8.40. The first-order valence-electron chi connectivity index (χ1n) is 22.3. The minimum absolute atomic E-state index is 0.0954. The van der Waals surface area contributed by atoms with E-state index < -0.39 is 17.7 Å². The van der Waals surface area contributed by atoms with Gasteiger partial charge in [0.15, 0.2) is 0 Å². The molecule has 1 aliphatic carbocycles. The fourth-order valence-corrected chi connectivity index (χ4v) is 10.5. The second-order valence-electron chi connectivity index (χ2n) is 18.4. The summed E-state index contributed by atoms with van der Waals surface area (Å²) in [4.78, 5) is 62.8. The van der Waals surface area contributed by atoms with Crippen LogP contribution in [0.1, 0.15) is 117 Å². The normalized spacial score (nSPS) is 24.2. The Hall–Kier alpha value is -5.75. The molecule has 2 aromatic carbocycles. The number of carbonyl (C=O) groups is 3. The first-order chi connectivity index (χ1) is 29.8. The number of fused-ring (bicyclic) bond motifs is 2. The highest BCUT2D eigenvalue weighted by molar-refractivity contribution is 5.87. The number of ether oxygens (including phenoxy) is 1. The van der Waals surface area contributed by atoms with Crippen molar-refractivity contribution in [2.24, 2.45) is 11.8 Å². The van der Waals surface area contributed by atoms with Gasteiger partial charge in [-0.3, -0.25) is 14.5 Å². The van der Waals surface area contributed by atoms with Gasteiger partial charge >= 0.3 is 6.09 Å². The number of allylic oxidation sites excluding steroid dienone is 4. The number of aromatic amines is 2. The lowest BCUT2D eigenvalue weighted by Gasteiger charge is -2.37. The molecule has 0 radical (unpaired) electrons. The van der Waals surface area contributed by atoms with E-state index >= 15 is 0 Å². The number of hydrogen-bond acceptors (Lipinski definition) is 7. The van der Waals surface area contributed by atoms with E-state index in [4.69, 9.17) is 14.7 Å². The number of H-pyrrole nitrogens is 2. The quantitative estimate of drug-likeness (QED) is 0.129. The number of carbonyl (C=O) groups excluding carboxylic acids is 3. The summed E-state index contributed by atoms with van der Waals surface area (Å²) in [6.07, 6.45) is 13.5. The van der Waals surface area contributed by atoms with E-state index in [9.17, 15) is 14.4 Å². The molecule has 62 heavy (non-hydrogen) atoms. The molecule has 12 nitrogen and oxygen atoms in total. The van der Waals surface area contributed by atoms with Crippen molar-refractivity contribution >= 4 is 23.5 Å². The maximum atomic E-state index is 14.1.